The van der Waals surface area contributed by atoms with Gasteiger partial charge < -0.3 is 14.7 Å². The van der Waals surface area contributed by atoms with Crippen molar-refractivity contribution in [2.75, 3.05) is 14.7 Å². The van der Waals surface area contributed by atoms with Crippen molar-refractivity contribution < 1.29 is 0 Å². The van der Waals surface area contributed by atoms with Gasteiger partial charge in [0.05, 0.1) is 11.4 Å². The second-order valence-electron chi connectivity index (χ2n) is 30.0. The lowest BCUT2D eigenvalue weighted by Crippen LogP contribution is -2.60. The zero-order valence-corrected chi connectivity index (χ0v) is 53.4. The second kappa shape index (κ2) is 19.5. The van der Waals surface area contributed by atoms with Crippen LogP contribution < -0.4 is 30.4 Å². The maximum atomic E-state index is 2.76. The first-order valence-corrected chi connectivity index (χ1v) is 32.1. The third-order valence-electron chi connectivity index (χ3n) is 20.3. The first kappa shape index (κ1) is 55.3. The van der Waals surface area contributed by atoms with E-state index in [9.17, 15) is 0 Å². The monoisotopic (exact) mass is 1130 g/mol. The van der Waals surface area contributed by atoms with Gasteiger partial charge in [-0.1, -0.05) is 212 Å². The summed E-state index contributed by atoms with van der Waals surface area (Å²) in [6.07, 6.45) is 4.64. The molecule has 14 rings (SSSR count). The van der Waals surface area contributed by atoms with Crippen LogP contribution >= 0.6 is 11.3 Å². The third kappa shape index (κ3) is 9.20. The zero-order valence-electron chi connectivity index (χ0n) is 52.6. The molecule has 85 heavy (non-hydrogen) atoms. The molecule has 0 fully saturated rings. The summed E-state index contributed by atoms with van der Waals surface area (Å²) in [5, 5.41) is 1.36. The predicted octanol–water partition coefficient (Wildman–Crippen LogP) is 21.1. The molecule has 0 N–H and O–H groups in total. The summed E-state index contributed by atoms with van der Waals surface area (Å²) in [5.41, 5.74) is 26.9. The zero-order chi connectivity index (χ0) is 59.3. The van der Waals surface area contributed by atoms with Gasteiger partial charge >= 0.3 is 0 Å². The average molecular weight is 1130 g/mol. The van der Waals surface area contributed by atoms with E-state index in [4.69, 9.17) is 0 Å². The van der Waals surface area contributed by atoms with Crippen LogP contribution in [-0.2, 0) is 32.5 Å². The molecule has 0 amide bonds. The van der Waals surface area contributed by atoms with Gasteiger partial charge in [-0.15, -0.1) is 11.3 Å². The molecule has 0 bridgehead atoms. The number of benzene rings is 9. The first-order valence-electron chi connectivity index (χ1n) is 31.3. The van der Waals surface area contributed by atoms with E-state index in [0.717, 1.165) is 35.6 Å². The SMILES string of the molecule is CC(C)(C)c1ccc(N2c3ccc(C(C)(C)C)cc3B3c4sc5cc6c(cc5c4N(c4ccc5c(c4)C(C)(C)CCC5(C)C)c4cc(N(c5ccc(-c7ccccc7)cc5)c5ccc(-c7ccccc7)cc5)cc2c43)C(C)(C)CCC6(C)C)cc1. The number of rotatable bonds is 7. The maximum Gasteiger partial charge on any atom is 0.264 e. The van der Waals surface area contributed by atoms with Crippen LogP contribution in [0.1, 0.15) is 156 Å². The fraction of sp³-hybridized carbons (Fsp3) is 0.300. The molecular formula is C80H82BN3S. The molecule has 3 heterocycles. The van der Waals surface area contributed by atoms with Crippen LogP contribution in [0.4, 0.5) is 51.2 Å². The normalized spacial score (nSPS) is 16.9. The van der Waals surface area contributed by atoms with Gasteiger partial charge in [0.15, 0.2) is 0 Å². The minimum absolute atomic E-state index is 0.00161. The van der Waals surface area contributed by atoms with Crippen LogP contribution in [0.2, 0.25) is 0 Å². The molecular weight excluding hydrogens is 1050 g/mol. The Morgan fingerprint density at radius 2 is 0.859 bits per heavy atom. The van der Waals surface area contributed by atoms with Gasteiger partial charge in [0.2, 0.25) is 0 Å². The van der Waals surface area contributed by atoms with Gasteiger partial charge in [-0.3, -0.25) is 0 Å². The standard InChI is InChI=1S/C80H82BN3S/c1-75(2,3)55-29-36-59(37-30-55)83-68-40-31-56(76(4,5)6)45-67(68)81-72-69(83)47-61(82(57-32-25-53(26-33-57)51-21-17-15-18-22-51)58-34-27-54(28-35-58)52-23-19-16-20-24-52)48-70(72)84(60-38-39-63-64(46-60)78(9,10)42-41-77(63,7)8)73-62-49-65-66(50-71(62)85-74(73)81)80(13,14)44-43-79(65,11)12/h15-40,45-50H,41-44H2,1-14H3. The number of nitrogens with zero attached hydrogens (tertiary/aromatic N) is 3. The fourth-order valence-electron chi connectivity index (χ4n) is 14.8. The molecule has 4 aliphatic rings. The summed E-state index contributed by atoms with van der Waals surface area (Å²) in [4.78, 5) is 7.90. The number of hydrogen-bond acceptors (Lipinski definition) is 4. The van der Waals surface area contributed by atoms with Crippen molar-refractivity contribution in [3.05, 3.63) is 228 Å². The molecule has 0 radical (unpaired) electrons. The summed E-state index contributed by atoms with van der Waals surface area (Å²) in [6.45, 7) is 33.9. The van der Waals surface area contributed by atoms with E-state index >= 15 is 0 Å². The highest BCUT2D eigenvalue weighted by molar-refractivity contribution is 7.33. The van der Waals surface area contributed by atoms with Crippen LogP contribution in [0.15, 0.2) is 194 Å². The van der Waals surface area contributed by atoms with Crippen molar-refractivity contribution in [2.45, 2.75) is 155 Å². The van der Waals surface area contributed by atoms with E-state index in [1.165, 1.54) is 123 Å². The van der Waals surface area contributed by atoms with E-state index in [1.54, 1.807) is 0 Å². The summed E-state index contributed by atoms with van der Waals surface area (Å²) in [5.74, 6) is 0. The molecule has 1 aromatic heterocycles. The minimum Gasteiger partial charge on any atom is -0.311 e. The Kier molecular flexibility index (Phi) is 12.7. The van der Waals surface area contributed by atoms with Gasteiger partial charge in [-0.05, 0) is 204 Å². The van der Waals surface area contributed by atoms with E-state index in [1.807, 2.05) is 0 Å². The van der Waals surface area contributed by atoms with Gasteiger partial charge in [-0.2, -0.15) is 0 Å². The summed E-state index contributed by atoms with van der Waals surface area (Å²) in [7, 11) is 0. The fourth-order valence-corrected chi connectivity index (χ4v) is 16.2. The van der Waals surface area contributed by atoms with E-state index in [2.05, 4.69) is 317 Å². The lowest BCUT2D eigenvalue weighted by Gasteiger charge is -2.45. The molecule has 0 unspecified atom stereocenters. The van der Waals surface area contributed by atoms with Crippen molar-refractivity contribution in [1.29, 1.82) is 0 Å². The molecule has 0 atom stereocenters. The highest BCUT2D eigenvalue weighted by Crippen LogP contribution is 2.56. The van der Waals surface area contributed by atoms with E-state index < -0.39 is 0 Å². The molecule has 2 aliphatic carbocycles. The van der Waals surface area contributed by atoms with Crippen molar-refractivity contribution in [3.8, 4) is 22.3 Å². The Morgan fingerprint density at radius 1 is 0.400 bits per heavy atom. The highest BCUT2D eigenvalue weighted by atomic mass is 32.1. The van der Waals surface area contributed by atoms with Crippen LogP contribution in [0, 0.1) is 0 Å². The van der Waals surface area contributed by atoms with Gasteiger partial charge in [0.1, 0.15) is 0 Å². The van der Waals surface area contributed by atoms with Crippen LogP contribution in [0.5, 0.6) is 0 Å². The Balaban J connectivity index is 1.12. The number of hydrogen-bond donors (Lipinski definition) is 0. The molecule has 2 aliphatic heterocycles. The Labute approximate surface area is 511 Å². The quantitative estimate of drug-likeness (QED) is 0.147. The number of anilines is 9. The number of thiophene rings is 1. The number of fused-ring (bicyclic) bond motifs is 8. The lowest BCUT2D eigenvalue weighted by atomic mass is 9.36. The van der Waals surface area contributed by atoms with Crippen LogP contribution in [0.3, 0.4) is 0 Å². The van der Waals surface area contributed by atoms with Crippen molar-refractivity contribution in [3.63, 3.8) is 0 Å². The van der Waals surface area contributed by atoms with Crippen LogP contribution in [0.25, 0.3) is 32.3 Å². The summed E-state index contributed by atoms with van der Waals surface area (Å²) < 4.78 is 2.80. The van der Waals surface area contributed by atoms with Crippen LogP contribution in [-0.4, -0.2) is 6.71 Å². The molecule has 426 valence electrons. The van der Waals surface area contributed by atoms with Crippen molar-refractivity contribution in [1.82, 2.24) is 0 Å². The molecule has 3 nitrogen and oxygen atoms in total. The smallest absolute Gasteiger partial charge is 0.264 e. The van der Waals surface area contributed by atoms with E-state index in [0.29, 0.717) is 0 Å². The highest BCUT2D eigenvalue weighted by Gasteiger charge is 2.48. The Hall–Kier alpha value is -7.60. The van der Waals surface area contributed by atoms with Gasteiger partial charge in [0.25, 0.3) is 6.71 Å². The largest absolute Gasteiger partial charge is 0.311 e. The third-order valence-corrected chi connectivity index (χ3v) is 21.5. The Morgan fingerprint density at radius 3 is 1.39 bits per heavy atom. The molecule has 0 saturated heterocycles. The maximum absolute atomic E-state index is 2.76. The topological polar surface area (TPSA) is 9.72 Å². The van der Waals surface area contributed by atoms with E-state index in [-0.39, 0.29) is 39.2 Å². The molecule has 10 aromatic rings. The predicted molar refractivity (Wildman–Crippen MR) is 369 cm³/mol. The van der Waals surface area contributed by atoms with Crippen molar-refractivity contribution >= 4 is 95.0 Å². The second-order valence-corrected chi connectivity index (χ2v) is 31.0. The summed E-state index contributed by atoms with van der Waals surface area (Å²) >= 11 is 2.05. The lowest BCUT2D eigenvalue weighted by molar-refractivity contribution is 0.332. The van der Waals surface area contributed by atoms with Gasteiger partial charge in [0, 0.05) is 54.7 Å². The Bertz CT molecular complexity index is 4160. The molecule has 9 aromatic carbocycles. The van der Waals surface area contributed by atoms with Gasteiger partial charge in [-0.25, -0.2) is 0 Å². The minimum atomic E-state index is -0.0720. The summed E-state index contributed by atoms with van der Waals surface area (Å²) in [6, 6.07) is 75.1. The van der Waals surface area contributed by atoms with Crippen molar-refractivity contribution in [2.24, 2.45) is 0 Å². The molecule has 0 saturated carbocycles. The first-order chi connectivity index (χ1) is 40.4. The average Bonchev–Trinajstić information content (AvgIpc) is 1.70. The molecule has 0 spiro atoms. The molecule has 5 heteroatoms.